The van der Waals surface area contributed by atoms with E-state index < -0.39 is 23.2 Å². The van der Waals surface area contributed by atoms with Crippen LogP contribution in [0.2, 0.25) is 0 Å². The highest BCUT2D eigenvalue weighted by Gasteiger charge is 2.65. The SMILES string of the molecule is CC1(CNC(=O)C2C(C(=O)O)C2(C)C)CCOCC1. The number of ether oxygens (including phenoxy) is 1. The van der Waals surface area contributed by atoms with E-state index in [9.17, 15) is 9.59 Å². The summed E-state index contributed by atoms with van der Waals surface area (Å²) in [7, 11) is 0. The molecule has 2 unspecified atom stereocenters. The van der Waals surface area contributed by atoms with Crippen LogP contribution in [0, 0.1) is 22.7 Å². The van der Waals surface area contributed by atoms with Crippen molar-refractivity contribution in [3.63, 3.8) is 0 Å². The van der Waals surface area contributed by atoms with E-state index >= 15 is 0 Å². The zero-order valence-electron chi connectivity index (χ0n) is 11.9. The molecule has 0 aromatic carbocycles. The summed E-state index contributed by atoms with van der Waals surface area (Å²) in [5, 5.41) is 12.0. The molecular formula is C14H23NO4. The summed E-state index contributed by atoms with van der Waals surface area (Å²) in [6.45, 7) is 7.90. The van der Waals surface area contributed by atoms with E-state index in [1.165, 1.54) is 0 Å². The van der Waals surface area contributed by atoms with Crippen LogP contribution >= 0.6 is 0 Å². The van der Waals surface area contributed by atoms with Crippen molar-refractivity contribution in [2.45, 2.75) is 33.6 Å². The van der Waals surface area contributed by atoms with Crippen molar-refractivity contribution in [3.8, 4) is 0 Å². The summed E-state index contributed by atoms with van der Waals surface area (Å²) in [6.07, 6.45) is 1.87. The van der Waals surface area contributed by atoms with Gasteiger partial charge in [0.2, 0.25) is 5.91 Å². The first kappa shape index (κ1) is 14.3. The highest BCUT2D eigenvalue weighted by atomic mass is 16.5. The Balaban J connectivity index is 1.87. The van der Waals surface area contributed by atoms with Crippen LogP contribution in [0.15, 0.2) is 0 Å². The molecule has 2 atom stereocenters. The van der Waals surface area contributed by atoms with Crippen molar-refractivity contribution in [3.05, 3.63) is 0 Å². The van der Waals surface area contributed by atoms with E-state index in [0.29, 0.717) is 6.54 Å². The fourth-order valence-electron chi connectivity index (χ4n) is 3.04. The molecule has 0 spiro atoms. The average molecular weight is 269 g/mol. The second-order valence-electron chi connectivity index (χ2n) is 6.76. The van der Waals surface area contributed by atoms with Crippen molar-refractivity contribution in [2.24, 2.45) is 22.7 Å². The summed E-state index contributed by atoms with van der Waals surface area (Å²) in [6, 6.07) is 0. The van der Waals surface area contributed by atoms with E-state index in [1.54, 1.807) is 0 Å². The van der Waals surface area contributed by atoms with Gasteiger partial charge < -0.3 is 15.2 Å². The van der Waals surface area contributed by atoms with Gasteiger partial charge in [-0.2, -0.15) is 0 Å². The molecule has 1 saturated carbocycles. The van der Waals surface area contributed by atoms with Gasteiger partial charge in [-0.1, -0.05) is 20.8 Å². The highest BCUT2D eigenvalue weighted by Crippen LogP contribution is 2.58. The molecule has 2 N–H and O–H groups in total. The number of hydrogen-bond donors (Lipinski definition) is 2. The first-order chi connectivity index (χ1) is 8.78. The summed E-state index contributed by atoms with van der Waals surface area (Å²) in [5.74, 6) is -1.93. The zero-order chi connectivity index (χ0) is 14.3. The van der Waals surface area contributed by atoms with Crippen LogP contribution in [-0.4, -0.2) is 36.7 Å². The van der Waals surface area contributed by atoms with E-state index in [1.807, 2.05) is 13.8 Å². The van der Waals surface area contributed by atoms with Crippen LogP contribution in [0.4, 0.5) is 0 Å². The van der Waals surface area contributed by atoms with Gasteiger partial charge in [-0.05, 0) is 23.7 Å². The number of hydrogen-bond acceptors (Lipinski definition) is 3. The van der Waals surface area contributed by atoms with E-state index in [-0.39, 0.29) is 11.3 Å². The van der Waals surface area contributed by atoms with Crippen molar-refractivity contribution in [1.29, 1.82) is 0 Å². The first-order valence-electron chi connectivity index (χ1n) is 6.86. The van der Waals surface area contributed by atoms with Crippen LogP contribution in [0.25, 0.3) is 0 Å². The largest absolute Gasteiger partial charge is 0.481 e. The Hall–Kier alpha value is -1.10. The zero-order valence-corrected chi connectivity index (χ0v) is 11.9. The molecule has 0 aromatic rings. The minimum absolute atomic E-state index is 0.0751. The molecule has 1 saturated heterocycles. The monoisotopic (exact) mass is 269 g/mol. The topological polar surface area (TPSA) is 75.6 Å². The first-order valence-corrected chi connectivity index (χ1v) is 6.86. The van der Waals surface area contributed by atoms with Crippen molar-refractivity contribution in [1.82, 2.24) is 5.32 Å². The fourth-order valence-corrected chi connectivity index (χ4v) is 3.04. The van der Waals surface area contributed by atoms with Gasteiger partial charge in [0.15, 0.2) is 0 Å². The smallest absolute Gasteiger partial charge is 0.307 e. The van der Waals surface area contributed by atoms with Gasteiger partial charge in [0.05, 0.1) is 11.8 Å². The van der Waals surface area contributed by atoms with Gasteiger partial charge in [0.1, 0.15) is 0 Å². The fraction of sp³-hybridized carbons (Fsp3) is 0.857. The van der Waals surface area contributed by atoms with Gasteiger partial charge in [0, 0.05) is 19.8 Å². The molecule has 5 nitrogen and oxygen atoms in total. The third kappa shape index (κ3) is 2.76. The van der Waals surface area contributed by atoms with Crippen LogP contribution in [0.5, 0.6) is 0 Å². The number of rotatable bonds is 4. The molecule has 5 heteroatoms. The molecule has 0 aromatic heterocycles. The normalized spacial score (nSPS) is 31.5. The van der Waals surface area contributed by atoms with E-state index in [2.05, 4.69) is 12.2 Å². The molecule has 0 radical (unpaired) electrons. The highest BCUT2D eigenvalue weighted by molar-refractivity contribution is 5.91. The van der Waals surface area contributed by atoms with Gasteiger partial charge in [-0.15, -0.1) is 0 Å². The number of carboxylic acids is 1. The van der Waals surface area contributed by atoms with Crippen molar-refractivity contribution >= 4 is 11.9 Å². The lowest BCUT2D eigenvalue weighted by molar-refractivity contribution is -0.140. The van der Waals surface area contributed by atoms with Crippen LogP contribution in [0.1, 0.15) is 33.6 Å². The number of carboxylic acid groups (broad SMARTS) is 1. The predicted molar refractivity (Wildman–Crippen MR) is 69.6 cm³/mol. The molecule has 2 rings (SSSR count). The second kappa shape index (κ2) is 4.78. The third-order valence-corrected chi connectivity index (χ3v) is 4.77. The molecule has 1 aliphatic carbocycles. The number of carbonyl (C=O) groups excluding carboxylic acids is 1. The summed E-state index contributed by atoms with van der Waals surface area (Å²) in [5.41, 5.74) is -0.349. The minimum atomic E-state index is -0.873. The Bertz CT molecular complexity index is 385. The average Bonchev–Trinajstić information content (AvgIpc) is 2.91. The van der Waals surface area contributed by atoms with E-state index in [0.717, 1.165) is 26.1 Å². The lowest BCUT2D eigenvalue weighted by Gasteiger charge is -2.33. The standard InChI is InChI=1S/C14H23NO4/c1-13(2)9(10(13)12(17)18)11(16)15-8-14(3)4-6-19-7-5-14/h9-10H,4-8H2,1-3H3,(H,15,16)(H,17,18). The Morgan fingerprint density at radius 1 is 1.21 bits per heavy atom. The predicted octanol–water partition coefficient (Wildman–Crippen LogP) is 1.28. The maximum Gasteiger partial charge on any atom is 0.307 e. The maximum atomic E-state index is 12.1. The summed E-state index contributed by atoms with van der Waals surface area (Å²) < 4.78 is 5.32. The van der Waals surface area contributed by atoms with Crippen molar-refractivity contribution in [2.75, 3.05) is 19.8 Å². The Morgan fingerprint density at radius 2 is 1.79 bits per heavy atom. The Labute approximate surface area is 113 Å². The third-order valence-electron chi connectivity index (χ3n) is 4.77. The molecule has 1 heterocycles. The minimum Gasteiger partial charge on any atom is -0.481 e. The van der Waals surface area contributed by atoms with Gasteiger partial charge >= 0.3 is 5.97 Å². The van der Waals surface area contributed by atoms with Crippen LogP contribution < -0.4 is 5.32 Å². The molecule has 2 fully saturated rings. The van der Waals surface area contributed by atoms with Gasteiger partial charge in [-0.3, -0.25) is 9.59 Å². The number of aliphatic carboxylic acids is 1. The quantitative estimate of drug-likeness (QED) is 0.806. The van der Waals surface area contributed by atoms with Gasteiger partial charge in [0.25, 0.3) is 0 Å². The molecule has 1 amide bonds. The molecule has 0 bridgehead atoms. The lowest BCUT2D eigenvalue weighted by atomic mass is 9.82. The molecule has 1 aliphatic heterocycles. The number of carbonyl (C=O) groups is 2. The number of nitrogens with one attached hydrogen (secondary N) is 1. The van der Waals surface area contributed by atoms with E-state index in [4.69, 9.17) is 9.84 Å². The van der Waals surface area contributed by atoms with Crippen LogP contribution in [0.3, 0.4) is 0 Å². The van der Waals surface area contributed by atoms with Crippen LogP contribution in [-0.2, 0) is 14.3 Å². The molecule has 19 heavy (non-hydrogen) atoms. The van der Waals surface area contributed by atoms with Crippen molar-refractivity contribution < 1.29 is 19.4 Å². The summed E-state index contributed by atoms with van der Waals surface area (Å²) >= 11 is 0. The molecule has 2 aliphatic rings. The molecular weight excluding hydrogens is 246 g/mol. The summed E-state index contributed by atoms with van der Waals surface area (Å²) in [4.78, 5) is 23.2. The maximum absolute atomic E-state index is 12.1. The lowest BCUT2D eigenvalue weighted by Crippen LogP contribution is -2.40. The Kier molecular flexibility index (Phi) is 3.60. The molecule has 108 valence electrons. The second-order valence-corrected chi connectivity index (χ2v) is 6.76. The van der Waals surface area contributed by atoms with Gasteiger partial charge in [-0.25, -0.2) is 0 Å². The Morgan fingerprint density at radius 3 is 2.26 bits per heavy atom. The number of amides is 1.